The van der Waals surface area contributed by atoms with E-state index in [2.05, 4.69) is 34.6 Å². The van der Waals surface area contributed by atoms with E-state index in [0.29, 0.717) is 25.7 Å². The van der Waals surface area contributed by atoms with Crippen molar-refractivity contribution < 1.29 is 80.2 Å². The number of hydrogen-bond donors (Lipinski definition) is 3. The van der Waals surface area contributed by atoms with Crippen LogP contribution in [0.3, 0.4) is 0 Å². The summed E-state index contributed by atoms with van der Waals surface area (Å²) in [6.07, 6.45) is 44.7. The van der Waals surface area contributed by atoms with E-state index in [1.165, 1.54) is 135 Å². The highest BCUT2D eigenvalue weighted by molar-refractivity contribution is 7.47. The maximum atomic E-state index is 13.0. The molecule has 0 aromatic carbocycles. The van der Waals surface area contributed by atoms with Gasteiger partial charge in [-0.1, -0.05) is 285 Å². The predicted octanol–water partition coefficient (Wildman–Crippen LogP) is 18.6. The molecule has 2 unspecified atom stereocenters. The molecule has 0 heterocycles. The first-order valence-corrected chi connectivity index (χ1v) is 37.6. The number of carbonyl (C=O) groups is 4. The topological polar surface area (TPSA) is 237 Å². The Hall–Kier alpha value is -1.94. The summed E-state index contributed by atoms with van der Waals surface area (Å²) in [7, 11) is -9.88. The molecule has 3 N–H and O–H groups in total. The van der Waals surface area contributed by atoms with Crippen molar-refractivity contribution >= 4 is 39.5 Å². The van der Waals surface area contributed by atoms with Crippen LogP contribution >= 0.6 is 15.6 Å². The minimum atomic E-state index is -4.95. The minimum Gasteiger partial charge on any atom is -0.462 e. The van der Waals surface area contributed by atoms with Gasteiger partial charge in [0.1, 0.15) is 19.3 Å². The van der Waals surface area contributed by atoms with E-state index in [9.17, 15) is 43.2 Å². The summed E-state index contributed by atoms with van der Waals surface area (Å²) in [5.74, 6) is -1.35. The molecule has 0 fully saturated rings. The van der Waals surface area contributed by atoms with Crippen LogP contribution in [0.1, 0.15) is 336 Å². The molecule has 0 spiro atoms. The summed E-state index contributed by atoms with van der Waals surface area (Å²) in [6, 6.07) is 0. The van der Waals surface area contributed by atoms with Crippen LogP contribution in [0, 0.1) is 5.92 Å². The lowest BCUT2D eigenvalue weighted by molar-refractivity contribution is -0.161. The fraction of sp³-hybridized carbons (Fsp3) is 0.939. The molecule has 0 rings (SSSR count). The second kappa shape index (κ2) is 59.7. The molecule has 17 nitrogen and oxygen atoms in total. The van der Waals surface area contributed by atoms with E-state index in [1.54, 1.807) is 0 Å². The van der Waals surface area contributed by atoms with Crippen LogP contribution in [0.2, 0.25) is 0 Å². The van der Waals surface area contributed by atoms with Gasteiger partial charge in [0.25, 0.3) is 0 Å². The van der Waals surface area contributed by atoms with Crippen molar-refractivity contribution in [3.8, 4) is 0 Å². The van der Waals surface area contributed by atoms with Crippen molar-refractivity contribution in [2.24, 2.45) is 5.92 Å². The second-order valence-electron chi connectivity index (χ2n) is 24.3. The molecule has 0 radical (unpaired) electrons. The zero-order valence-electron chi connectivity index (χ0n) is 54.7. The highest BCUT2D eigenvalue weighted by Crippen LogP contribution is 2.45. The molecule has 0 aliphatic rings. The van der Waals surface area contributed by atoms with E-state index >= 15 is 0 Å². The molecule has 0 aliphatic carbocycles. The van der Waals surface area contributed by atoms with Gasteiger partial charge in [-0.25, -0.2) is 9.13 Å². The lowest BCUT2D eigenvalue weighted by Crippen LogP contribution is -2.30. The van der Waals surface area contributed by atoms with E-state index in [1.807, 2.05) is 0 Å². The molecule has 0 aliphatic heterocycles. The van der Waals surface area contributed by atoms with Crippen LogP contribution in [-0.2, 0) is 65.4 Å². The quantitative estimate of drug-likeness (QED) is 0.0222. The molecule has 19 heteroatoms. The predicted molar refractivity (Wildman–Crippen MR) is 340 cm³/mol. The van der Waals surface area contributed by atoms with Gasteiger partial charge in [0.15, 0.2) is 12.2 Å². The number of phosphoric acid groups is 2. The summed E-state index contributed by atoms with van der Waals surface area (Å²) in [6.45, 7) is 7.15. The highest BCUT2D eigenvalue weighted by Gasteiger charge is 2.30. The van der Waals surface area contributed by atoms with Gasteiger partial charge in [0.2, 0.25) is 0 Å². The second-order valence-corrected chi connectivity index (χ2v) is 27.2. The highest BCUT2D eigenvalue weighted by atomic mass is 31.2. The number of carbonyl (C=O) groups excluding carboxylic acids is 4. The van der Waals surface area contributed by atoms with Crippen molar-refractivity contribution in [1.29, 1.82) is 0 Å². The standard InChI is InChI=1S/C66H128O17P2/c1-6-9-12-15-18-19-20-21-22-25-28-31-36-40-45-50-64(69)77-56-62(83-66(71)52-47-42-37-32-29-26-23-24-27-30-35-38-43-48-59(4)5)58-81-85(74,75)79-54-60(67)53-78-84(72,73)80-57-61(82-65(70)51-46-41-34-17-14-11-8-3)55-76-63(68)49-44-39-33-16-13-10-7-2/h59-62,67H,6-58H2,1-5H3,(H,72,73)(H,74,75)/t60-,61+,62+/m0/s1. The lowest BCUT2D eigenvalue weighted by Gasteiger charge is -2.21. The van der Waals surface area contributed by atoms with Crippen LogP contribution in [-0.4, -0.2) is 96.7 Å². The molecule has 85 heavy (non-hydrogen) atoms. The minimum absolute atomic E-state index is 0.104. The number of phosphoric ester groups is 2. The average molecular weight is 1260 g/mol. The van der Waals surface area contributed by atoms with Crippen LogP contribution in [0.5, 0.6) is 0 Å². The van der Waals surface area contributed by atoms with Crippen LogP contribution < -0.4 is 0 Å². The van der Waals surface area contributed by atoms with Crippen molar-refractivity contribution in [2.45, 2.75) is 355 Å². The third-order valence-corrected chi connectivity index (χ3v) is 17.2. The largest absolute Gasteiger partial charge is 0.472 e. The summed E-state index contributed by atoms with van der Waals surface area (Å²) in [4.78, 5) is 72.1. The molecule has 504 valence electrons. The zero-order chi connectivity index (χ0) is 62.8. The monoisotopic (exact) mass is 1250 g/mol. The number of aliphatic hydroxyl groups is 1. The van der Waals surface area contributed by atoms with Crippen molar-refractivity contribution in [2.75, 3.05) is 39.6 Å². The summed E-state index contributed by atoms with van der Waals surface area (Å²) in [5.41, 5.74) is 0. The van der Waals surface area contributed by atoms with Gasteiger partial charge in [-0.05, 0) is 31.6 Å². The molecule has 0 amide bonds. The van der Waals surface area contributed by atoms with Gasteiger partial charge in [-0.3, -0.25) is 37.3 Å². The van der Waals surface area contributed by atoms with Crippen LogP contribution in [0.25, 0.3) is 0 Å². The number of aliphatic hydroxyl groups excluding tert-OH is 1. The maximum Gasteiger partial charge on any atom is 0.472 e. The van der Waals surface area contributed by atoms with E-state index in [0.717, 1.165) is 121 Å². The fourth-order valence-electron chi connectivity index (χ4n) is 9.94. The Morgan fingerprint density at radius 2 is 0.541 bits per heavy atom. The van der Waals surface area contributed by atoms with Crippen molar-refractivity contribution in [3.05, 3.63) is 0 Å². The number of rotatable bonds is 66. The van der Waals surface area contributed by atoms with Gasteiger partial charge in [-0.15, -0.1) is 0 Å². The smallest absolute Gasteiger partial charge is 0.462 e. The number of hydrogen-bond acceptors (Lipinski definition) is 15. The van der Waals surface area contributed by atoms with Crippen LogP contribution in [0.4, 0.5) is 0 Å². The SMILES string of the molecule is CCCCCCCCCCCCCCCCCC(=O)OC[C@H](COP(=O)(O)OC[C@@H](O)COP(=O)(O)OC[C@@H](COC(=O)CCCCCCCCC)OC(=O)CCCCCCCCC)OC(=O)CCCCCCCCCCCCCCCC(C)C. The summed E-state index contributed by atoms with van der Waals surface area (Å²) in [5, 5.41) is 10.5. The molecule has 0 aromatic rings. The molecule has 0 aromatic heterocycles. The first-order chi connectivity index (χ1) is 41.0. The molecule has 0 saturated heterocycles. The Balaban J connectivity index is 5.16. The van der Waals surface area contributed by atoms with Crippen LogP contribution in [0.15, 0.2) is 0 Å². The first-order valence-electron chi connectivity index (χ1n) is 34.6. The fourth-order valence-corrected chi connectivity index (χ4v) is 11.5. The maximum absolute atomic E-state index is 13.0. The average Bonchev–Trinajstić information content (AvgIpc) is 3.61. The lowest BCUT2D eigenvalue weighted by atomic mass is 10.0. The first kappa shape index (κ1) is 83.1. The Morgan fingerprint density at radius 3 is 0.800 bits per heavy atom. The molecular formula is C66H128O17P2. The normalized spacial score (nSPS) is 14.2. The Labute approximate surface area is 517 Å². The number of esters is 4. The molecule has 0 saturated carbocycles. The third kappa shape index (κ3) is 60.7. The van der Waals surface area contributed by atoms with Crippen molar-refractivity contribution in [1.82, 2.24) is 0 Å². The number of unbranched alkanes of at least 4 members (excludes halogenated alkanes) is 38. The van der Waals surface area contributed by atoms with Gasteiger partial charge >= 0.3 is 39.5 Å². The van der Waals surface area contributed by atoms with E-state index < -0.39 is 97.5 Å². The third-order valence-electron chi connectivity index (χ3n) is 15.3. The summed E-state index contributed by atoms with van der Waals surface area (Å²) < 4.78 is 67.9. The van der Waals surface area contributed by atoms with Gasteiger partial charge in [0.05, 0.1) is 26.4 Å². The molecule has 5 atom stereocenters. The van der Waals surface area contributed by atoms with Gasteiger partial charge < -0.3 is 33.8 Å². The van der Waals surface area contributed by atoms with Gasteiger partial charge in [-0.2, -0.15) is 0 Å². The molecular weight excluding hydrogens is 1130 g/mol. The summed E-state index contributed by atoms with van der Waals surface area (Å²) >= 11 is 0. The Morgan fingerprint density at radius 1 is 0.318 bits per heavy atom. The molecule has 0 bridgehead atoms. The Bertz CT molecular complexity index is 1650. The van der Waals surface area contributed by atoms with E-state index in [-0.39, 0.29) is 25.7 Å². The number of ether oxygens (including phenoxy) is 4. The zero-order valence-corrected chi connectivity index (χ0v) is 56.5. The van der Waals surface area contributed by atoms with Crippen molar-refractivity contribution in [3.63, 3.8) is 0 Å². The van der Waals surface area contributed by atoms with E-state index in [4.69, 9.17) is 37.0 Å². The van der Waals surface area contributed by atoms with Gasteiger partial charge in [0, 0.05) is 25.7 Å². The Kier molecular flexibility index (Phi) is 58.3.